The fourth-order valence-electron chi connectivity index (χ4n) is 6.07. The van der Waals surface area contributed by atoms with Crippen LogP contribution in [-0.2, 0) is 16.5 Å². The number of amides is 1. The van der Waals surface area contributed by atoms with Crippen molar-refractivity contribution in [2.45, 2.75) is 37.0 Å². The summed E-state index contributed by atoms with van der Waals surface area (Å²) in [7, 11) is -4.36. The number of rotatable bonds is 5. The first-order valence-electron chi connectivity index (χ1n) is 13.3. The lowest BCUT2D eigenvalue weighted by Gasteiger charge is -2.47. The van der Waals surface area contributed by atoms with Crippen molar-refractivity contribution >= 4 is 32.7 Å². The fraction of sp³-hybridized carbons (Fsp3) is 0.345. The van der Waals surface area contributed by atoms with E-state index < -0.39 is 10.1 Å². The topological polar surface area (TPSA) is 119 Å². The molecule has 0 bridgehead atoms. The van der Waals surface area contributed by atoms with E-state index in [1.165, 1.54) is 11.8 Å². The molecule has 0 radical (unpaired) electrons. The van der Waals surface area contributed by atoms with E-state index in [9.17, 15) is 17.8 Å². The predicted molar refractivity (Wildman–Crippen MR) is 148 cm³/mol. The van der Waals surface area contributed by atoms with Gasteiger partial charge in [-0.1, -0.05) is 24.3 Å². The highest BCUT2D eigenvalue weighted by molar-refractivity contribution is 7.85. The third kappa shape index (κ3) is 5.14. The number of benzene rings is 2. The number of nitrogens with zero attached hydrogens (tertiary/aromatic N) is 4. The van der Waals surface area contributed by atoms with E-state index in [0.29, 0.717) is 22.5 Å². The van der Waals surface area contributed by atoms with Gasteiger partial charge in [-0.3, -0.25) is 14.3 Å². The molecule has 2 aromatic heterocycles. The number of aromatic nitrogens is 3. The molecular weight excluding hydrogens is 514 g/mol. The Morgan fingerprint density at radius 2 is 1.62 bits per heavy atom. The van der Waals surface area contributed by atoms with Gasteiger partial charge < -0.3 is 14.8 Å². The maximum atomic E-state index is 13.6. The summed E-state index contributed by atoms with van der Waals surface area (Å²) in [5.74, 6) is 0.501. The molecule has 2 aromatic carbocycles. The molecule has 0 aliphatic carbocycles. The van der Waals surface area contributed by atoms with Gasteiger partial charge in [0.2, 0.25) is 0 Å². The smallest absolute Gasteiger partial charge is 0.294 e. The molecular formula is C29H31N5O4S. The molecule has 202 valence electrons. The molecule has 2 aliphatic heterocycles. The largest absolute Gasteiger partial charge is 0.371 e. The van der Waals surface area contributed by atoms with Crippen LogP contribution in [0.5, 0.6) is 0 Å². The zero-order valence-electron chi connectivity index (χ0n) is 21.6. The van der Waals surface area contributed by atoms with Crippen LogP contribution in [-0.4, -0.2) is 64.9 Å². The monoisotopic (exact) mass is 545 g/mol. The van der Waals surface area contributed by atoms with Gasteiger partial charge in [-0.15, -0.1) is 0 Å². The highest BCUT2D eigenvalue weighted by Crippen LogP contribution is 2.42. The average molecular weight is 546 g/mol. The van der Waals surface area contributed by atoms with Crippen molar-refractivity contribution in [1.82, 2.24) is 19.9 Å². The molecule has 0 unspecified atom stereocenters. The van der Waals surface area contributed by atoms with E-state index in [-0.39, 0.29) is 22.6 Å². The van der Waals surface area contributed by atoms with Crippen molar-refractivity contribution in [3.63, 3.8) is 0 Å². The molecule has 0 atom stereocenters. The number of carbonyl (C=O) groups is 1. The molecule has 1 amide bonds. The zero-order valence-corrected chi connectivity index (χ0v) is 22.4. The van der Waals surface area contributed by atoms with Gasteiger partial charge in [0.1, 0.15) is 11.3 Å². The van der Waals surface area contributed by atoms with Crippen LogP contribution in [0.15, 0.2) is 71.9 Å². The molecule has 2 N–H and O–H groups in total. The maximum Gasteiger partial charge on any atom is 0.294 e. The van der Waals surface area contributed by atoms with E-state index in [2.05, 4.69) is 32.0 Å². The quantitative estimate of drug-likeness (QED) is 0.359. The van der Waals surface area contributed by atoms with Crippen molar-refractivity contribution in [2.75, 3.05) is 31.1 Å². The minimum absolute atomic E-state index is 0.0268. The number of piperidine rings is 2. The van der Waals surface area contributed by atoms with Crippen molar-refractivity contribution in [3.8, 4) is 0 Å². The van der Waals surface area contributed by atoms with Gasteiger partial charge in [0, 0.05) is 50.7 Å². The van der Waals surface area contributed by atoms with E-state index in [4.69, 9.17) is 0 Å². The molecule has 4 heterocycles. The van der Waals surface area contributed by atoms with Gasteiger partial charge in [-0.25, -0.2) is 4.98 Å². The number of hydrogen-bond donors (Lipinski definition) is 2. The Balaban J connectivity index is 1.15. The summed E-state index contributed by atoms with van der Waals surface area (Å²) in [5, 5.41) is 0. The SMILES string of the molecule is O=C(c1cccc2[nH]c(Cc3ccccc3S(=O)(=O)O)nc12)N1CCC2(CC1)CCN(c1ccncc1)CC2. The van der Waals surface area contributed by atoms with Crippen molar-refractivity contribution < 1.29 is 17.8 Å². The molecule has 2 aliphatic rings. The number of H-pyrrole nitrogens is 1. The van der Waals surface area contributed by atoms with Gasteiger partial charge in [0.05, 0.1) is 16.0 Å². The summed E-state index contributed by atoms with van der Waals surface area (Å²) in [6.07, 6.45) is 8.10. The van der Waals surface area contributed by atoms with Crippen LogP contribution in [0.3, 0.4) is 0 Å². The highest BCUT2D eigenvalue weighted by Gasteiger charge is 2.39. The number of carbonyl (C=O) groups excluding carboxylic acids is 1. The molecule has 10 heteroatoms. The van der Waals surface area contributed by atoms with Crippen molar-refractivity contribution in [2.24, 2.45) is 5.41 Å². The number of anilines is 1. The van der Waals surface area contributed by atoms with E-state index >= 15 is 0 Å². The second-order valence-corrected chi connectivity index (χ2v) is 12.0. The van der Waals surface area contributed by atoms with Crippen molar-refractivity contribution in [3.05, 3.63) is 83.9 Å². The number of nitrogens with one attached hydrogen (secondary N) is 1. The van der Waals surface area contributed by atoms with E-state index in [1.54, 1.807) is 24.3 Å². The van der Waals surface area contributed by atoms with Crippen molar-refractivity contribution in [1.29, 1.82) is 0 Å². The minimum Gasteiger partial charge on any atom is -0.371 e. The first kappa shape index (κ1) is 25.5. The van der Waals surface area contributed by atoms with Gasteiger partial charge in [-0.2, -0.15) is 8.42 Å². The summed E-state index contributed by atoms with van der Waals surface area (Å²) in [6.45, 7) is 3.50. The summed E-state index contributed by atoms with van der Waals surface area (Å²) in [6, 6.07) is 15.9. The standard InChI is InChI=1S/C29H31N5O4S/c35-28(34-18-12-29(13-19-34)10-16-33(17-11-29)22-8-14-30-15-9-22)23-5-3-6-24-27(23)32-26(31-24)20-21-4-1-2-7-25(21)39(36,37)38/h1-9,14-15H,10-13,16-20H2,(H,31,32)(H,36,37,38). The number of hydrogen-bond acceptors (Lipinski definition) is 6. The van der Waals surface area contributed by atoms with E-state index in [0.717, 1.165) is 57.4 Å². The zero-order chi connectivity index (χ0) is 27.0. The second kappa shape index (κ2) is 10.1. The first-order valence-corrected chi connectivity index (χ1v) is 14.7. The van der Waals surface area contributed by atoms with Crippen LogP contribution in [0, 0.1) is 5.41 Å². The number of aromatic amines is 1. The van der Waals surface area contributed by atoms with Crippen LogP contribution in [0.25, 0.3) is 11.0 Å². The molecule has 2 saturated heterocycles. The van der Waals surface area contributed by atoms with E-state index in [1.807, 2.05) is 29.4 Å². The summed E-state index contributed by atoms with van der Waals surface area (Å²) in [5.41, 5.74) is 3.78. The van der Waals surface area contributed by atoms with Gasteiger partial charge in [-0.05, 0) is 67.0 Å². The molecule has 1 spiro atoms. The third-order valence-corrected chi connectivity index (χ3v) is 9.32. The third-order valence-electron chi connectivity index (χ3n) is 8.36. The van der Waals surface area contributed by atoms with Crippen LogP contribution < -0.4 is 4.90 Å². The Morgan fingerprint density at radius 3 is 2.33 bits per heavy atom. The normalized spacial score (nSPS) is 17.6. The average Bonchev–Trinajstić information content (AvgIpc) is 3.36. The maximum absolute atomic E-state index is 13.6. The Hall–Kier alpha value is -3.76. The predicted octanol–water partition coefficient (Wildman–Crippen LogP) is 4.32. The van der Waals surface area contributed by atoms with Crippen LogP contribution in [0.4, 0.5) is 5.69 Å². The lowest BCUT2D eigenvalue weighted by Crippen LogP contribution is -2.48. The number of fused-ring (bicyclic) bond motifs is 1. The first-order chi connectivity index (χ1) is 18.8. The lowest BCUT2D eigenvalue weighted by molar-refractivity contribution is 0.0516. The van der Waals surface area contributed by atoms with Gasteiger partial charge in [0.25, 0.3) is 16.0 Å². The summed E-state index contributed by atoms with van der Waals surface area (Å²) < 4.78 is 33.2. The second-order valence-electron chi connectivity index (χ2n) is 10.6. The molecule has 2 fully saturated rings. The van der Waals surface area contributed by atoms with Gasteiger partial charge >= 0.3 is 0 Å². The number of imidazole rings is 1. The highest BCUT2D eigenvalue weighted by atomic mass is 32.2. The Labute approximate surface area is 227 Å². The van der Waals surface area contributed by atoms with Crippen LogP contribution >= 0.6 is 0 Å². The molecule has 4 aromatic rings. The minimum atomic E-state index is -4.36. The Kier molecular flexibility index (Phi) is 6.60. The summed E-state index contributed by atoms with van der Waals surface area (Å²) in [4.78, 5) is 29.9. The number of likely N-dealkylation sites (tertiary alicyclic amines) is 1. The molecule has 39 heavy (non-hydrogen) atoms. The molecule has 9 nitrogen and oxygen atoms in total. The molecule has 6 rings (SSSR count). The summed E-state index contributed by atoms with van der Waals surface area (Å²) >= 11 is 0. The van der Waals surface area contributed by atoms with Crippen LogP contribution in [0.1, 0.15) is 47.4 Å². The fourth-order valence-corrected chi connectivity index (χ4v) is 6.79. The lowest BCUT2D eigenvalue weighted by atomic mass is 9.71. The Morgan fingerprint density at radius 1 is 0.923 bits per heavy atom. The molecule has 0 saturated carbocycles. The Bertz CT molecular complexity index is 1600. The van der Waals surface area contributed by atoms with Gasteiger partial charge in [0.15, 0.2) is 0 Å². The van der Waals surface area contributed by atoms with Crippen LogP contribution in [0.2, 0.25) is 0 Å². The number of pyridine rings is 1. The number of para-hydroxylation sites is 1.